The third-order valence-electron chi connectivity index (χ3n) is 4.47. The van der Waals surface area contributed by atoms with E-state index in [0.717, 1.165) is 18.8 Å². The maximum atomic E-state index is 13.8. The highest BCUT2D eigenvalue weighted by atomic mass is 19.1. The molecule has 2 heterocycles. The number of H-pyrrole nitrogens is 1. The molecule has 1 aliphatic heterocycles. The Morgan fingerprint density at radius 3 is 3.14 bits per heavy atom. The van der Waals surface area contributed by atoms with Gasteiger partial charge in [0.15, 0.2) is 5.43 Å². The van der Waals surface area contributed by atoms with Gasteiger partial charge in [-0.25, -0.2) is 4.39 Å². The fourth-order valence-corrected chi connectivity index (χ4v) is 3.30. The van der Waals surface area contributed by atoms with Gasteiger partial charge in [-0.05, 0) is 38.1 Å². The second kappa shape index (κ2) is 6.58. The van der Waals surface area contributed by atoms with Gasteiger partial charge in [-0.1, -0.05) is 13.0 Å². The van der Waals surface area contributed by atoms with Gasteiger partial charge in [0.05, 0.1) is 5.52 Å². The highest BCUT2D eigenvalue weighted by Crippen LogP contribution is 2.16. The number of pyridine rings is 1. The number of nitrogens with one attached hydrogen (secondary N) is 2. The van der Waals surface area contributed by atoms with E-state index >= 15 is 0 Å². The third kappa shape index (κ3) is 3.05. The first kappa shape index (κ1) is 15.2. The van der Waals surface area contributed by atoms with Crippen LogP contribution in [0.25, 0.3) is 10.9 Å². The van der Waals surface area contributed by atoms with Crippen molar-refractivity contribution < 1.29 is 4.39 Å². The zero-order valence-electron chi connectivity index (χ0n) is 12.9. The molecule has 2 aromatic rings. The average Bonchev–Trinajstić information content (AvgIpc) is 2.96. The fraction of sp³-hybridized carbons (Fsp3) is 0.471. The van der Waals surface area contributed by atoms with Crippen molar-refractivity contribution >= 4 is 10.9 Å². The van der Waals surface area contributed by atoms with Crippen LogP contribution >= 0.6 is 0 Å². The number of benzene rings is 1. The zero-order valence-corrected chi connectivity index (χ0v) is 12.9. The van der Waals surface area contributed by atoms with Gasteiger partial charge in [-0.15, -0.1) is 0 Å². The maximum absolute atomic E-state index is 13.8. The van der Waals surface area contributed by atoms with Crippen LogP contribution in [0.4, 0.5) is 4.39 Å². The Balaban J connectivity index is 1.69. The number of fused-ring (bicyclic) bond motifs is 1. The van der Waals surface area contributed by atoms with Gasteiger partial charge in [-0.2, -0.15) is 0 Å². The van der Waals surface area contributed by atoms with Crippen LogP contribution in [0.15, 0.2) is 29.1 Å². The summed E-state index contributed by atoms with van der Waals surface area (Å²) in [5, 5.41) is 3.78. The van der Waals surface area contributed by atoms with Crippen LogP contribution in [0.2, 0.25) is 0 Å². The van der Waals surface area contributed by atoms with Gasteiger partial charge in [0, 0.05) is 36.3 Å². The summed E-state index contributed by atoms with van der Waals surface area (Å²) in [5.74, 6) is -0.385. The Bertz CT molecular complexity index is 713. The second-order valence-corrected chi connectivity index (χ2v) is 5.88. The lowest BCUT2D eigenvalue weighted by Gasteiger charge is -2.23. The third-order valence-corrected chi connectivity index (χ3v) is 4.47. The van der Waals surface area contributed by atoms with Crippen LogP contribution in [-0.2, 0) is 6.54 Å². The molecule has 118 valence electrons. The number of likely N-dealkylation sites (N-methyl/N-ethyl adjacent to an activating group) is 1. The van der Waals surface area contributed by atoms with E-state index in [4.69, 9.17) is 0 Å². The molecule has 1 aromatic carbocycles. The number of hydrogen-bond acceptors (Lipinski definition) is 3. The molecule has 1 fully saturated rings. The molecule has 0 unspecified atom stereocenters. The van der Waals surface area contributed by atoms with Crippen LogP contribution in [-0.4, -0.2) is 35.6 Å². The molecule has 1 atom stereocenters. The highest BCUT2D eigenvalue weighted by molar-refractivity contribution is 5.78. The molecule has 1 aliphatic rings. The zero-order chi connectivity index (χ0) is 15.5. The number of para-hydroxylation sites is 1. The van der Waals surface area contributed by atoms with Crippen molar-refractivity contribution in [3.05, 3.63) is 46.0 Å². The van der Waals surface area contributed by atoms with Gasteiger partial charge >= 0.3 is 0 Å². The highest BCUT2D eigenvalue weighted by Gasteiger charge is 2.22. The predicted octanol–water partition coefficient (Wildman–Crippen LogP) is 2.24. The number of aromatic amines is 1. The molecule has 22 heavy (non-hydrogen) atoms. The van der Waals surface area contributed by atoms with E-state index in [1.807, 2.05) is 0 Å². The van der Waals surface area contributed by atoms with Crippen molar-refractivity contribution in [2.75, 3.05) is 19.6 Å². The van der Waals surface area contributed by atoms with Crippen LogP contribution in [0.3, 0.4) is 0 Å². The summed E-state index contributed by atoms with van der Waals surface area (Å²) in [4.78, 5) is 17.6. The average molecular weight is 303 g/mol. The molecule has 0 spiro atoms. The van der Waals surface area contributed by atoms with Crippen molar-refractivity contribution in [1.82, 2.24) is 15.2 Å². The molecule has 0 radical (unpaired) electrons. The van der Waals surface area contributed by atoms with Crippen molar-refractivity contribution in [3.8, 4) is 0 Å². The Morgan fingerprint density at radius 2 is 2.32 bits per heavy atom. The van der Waals surface area contributed by atoms with Crippen molar-refractivity contribution in [3.63, 3.8) is 0 Å². The van der Waals surface area contributed by atoms with Crippen LogP contribution in [0.5, 0.6) is 0 Å². The van der Waals surface area contributed by atoms with Crippen LogP contribution < -0.4 is 10.7 Å². The minimum atomic E-state index is -0.385. The standard InChI is InChI=1S/C17H22FN3O/c1-2-21-8-4-5-13(21)11-19-10-12-9-16(22)14-6-3-7-15(18)17(14)20-12/h3,6-7,9,13,19H,2,4-5,8,10-11H2,1H3,(H,20,22)/t13-/m0/s1. The number of rotatable bonds is 5. The van der Waals surface area contributed by atoms with E-state index in [9.17, 15) is 9.18 Å². The summed E-state index contributed by atoms with van der Waals surface area (Å²) in [6.45, 7) is 5.87. The summed E-state index contributed by atoms with van der Waals surface area (Å²) in [7, 11) is 0. The first-order valence-corrected chi connectivity index (χ1v) is 7.94. The Labute approximate surface area is 129 Å². The largest absolute Gasteiger partial charge is 0.355 e. The predicted molar refractivity (Wildman–Crippen MR) is 86.5 cm³/mol. The van der Waals surface area contributed by atoms with Gasteiger partial charge in [0.1, 0.15) is 5.82 Å². The lowest BCUT2D eigenvalue weighted by atomic mass is 10.2. The van der Waals surface area contributed by atoms with Gasteiger partial charge in [-0.3, -0.25) is 9.69 Å². The monoisotopic (exact) mass is 303 g/mol. The molecule has 2 N–H and O–H groups in total. The van der Waals surface area contributed by atoms with Crippen molar-refractivity contribution in [1.29, 1.82) is 0 Å². The maximum Gasteiger partial charge on any atom is 0.189 e. The molecule has 0 aliphatic carbocycles. The Kier molecular flexibility index (Phi) is 4.55. The second-order valence-electron chi connectivity index (χ2n) is 5.88. The van der Waals surface area contributed by atoms with E-state index in [1.54, 1.807) is 18.2 Å². The van der Waals surface area contributed by atoms with Crippen molar-refractivity contribution in [2.24, 2.45) is 0 Å². The molecule has 3 rings (SSSR count). The lowest BCUT2D eigenvalue weighted by molar-refractivity contribution is 0.259. The first-order valence-electron chi connectivity index (χ1n) is 7.94. The van der Waals surface area contributed by atoms with E-state index in [1.165, 1.54) is 25.5 Å². The molecule has 4 nitrogen and oxygen atoms in total. The number of nitrogens with zero attached hydrogens (tertiary/aromatic N) is 1. The molecule has 1 aromatic heterocycles. The Morgan fingerprint density at radius 1 is 1.45 bits per heavy atom. The first-order chi connectivity index (χ1) is 10.7. The molecule has 0 bridgehead atoms. The summed E-state index contributed by atoms with van der Waals surface area (Å²) >= 11 is 0. The smallest absolute Gasteiger partial charge is 0.189 e. The minimum Gasteiger partial charge on any atom is -0.355 e. The van der Waals surface area contributed by atoms with Crippen molar-refractivity contribution in [2.45, 2.75) is 32.4 Å². The molecule has 5 heteroatoms. The SMILES string of the molecule is CCN1CCC[C@H]1CNCc1cc(=O)c2cccc(F)c2[nH]1. The molecule has 0 amide bonds. The van der Waals surface area contributed by atoms with E-state index in [0.29, 0.717) is 23.5 Å². The van der Waals surface area contributed by atoms with Crippen LogP contribution in [0, 0.1) is 5.82 Å². The van der Waals surface area contributed by atoms with E-state index in [-0.39, 0.29) is 11.2 Å². The summed E-state index contributed by atoms with van der Waals surface area (Å²) in [6, 6.07) is 6.69. The molecule has 0 saturated carbocycles. The van der Waals surface area contributed by atoms with Gasteiger partial charge in [0.2, 0.25) is 0 Å². The van der Waals surface area contributed by atoms with Gasteiger partial charge < -0.3 is 10.3 Å². The normalized spacial score (nSPS) is 19.1. The summed E-state index contributed by atoms with van der Waals surface area (Å²) < 4.78 is 13.8. The lowest BCUT2D eigenvalue weighted by Crippen LogP contribution is -2.37. The molecular weight excluding hydrogens is 281 g/mol. The fourth-order valence-electron chi connectivity index (χ4n) is 3.30. The quantitative estimate of drug-likeness (QED) is 0.890. The van der Waals surface area contributed by atoms with E-state index < -0.39 is 0 Å². The van der Waals surface area contributed by atoms with E-state index in [2.05, 4.69) is 22.1 Å². The van der Waals surface area contributed by atoms with Crippen LogP contribution in [0.1, 0.15) is 25.5 Å². The number of halogens is 1. The molecular formula is C17H22FN3O. The minimum absolute atomic E-state index is 0.138. The Hall–Kier alpha value is -1.72. The number of likely N-dealkylation sites (tertiary alicyclic amines) is 1. The van der Waals surface area contributed by atoms with Gasteiger partial charge in [0.25, 0.3) is 0 Å². The summed E-state index contributed by atoms with van der Waals surface area (Å²) in [5.41, 5.74) is 0.882. The molecule has 1 saturated heterocycles. The number of aromatic nitrogens is 1. The number of hydrogen-bond donors (Lipinski definition) is 2. The summed E-state index contributed by atoms with van der Waals surface area (Å²) in [6.07, 6.45) is 2.46. The topological polar surface area (TPSA) is 48.1 Å².